The van der Waals surface area contributed by atoms with Crippen LogP contribution in [0.5, 0.6) is 5.75 Å². The summed E-state index contributed by atoms with van der Waals surface area (Å²) >= 11 is 5.86. The van der Waals surface area contributed by atoms with Gasteiger partial charge in [-0.2, -0.15) is 0 Å². The number of ether oxygens (including phenoxy) is 2. The Morgan fingerprint density at radius 1 is 1.14 bits per heavy atom. The van der Waals surface area contributed by atoms with Crippen molar-refractivity contribution in [1.82, 2.24) is 15.8 Å². The highest BCUT2D eigenvalue weighted by Gasteiger charge is 2.21. The molecule has 0 radical (unpaired) electrons. The maximum atomic E-state index is 12.2. The van der Waals surface area contributed by atoms with Crippen LogP contribution in [0.25, 0.3) is 0 Å². The minimum atomic E-state index is -0.795. The summed E-state index contributed by atoms with van der Waals surface area (Å²) in [5.74, 6) is -2.14. The SMILES string of the molecule is COc1ccc(Cl)cc1C(=O)NNC(=O)COC(=O)c1[nH]c(C)c(C(C)=O)c1C. The molecule has 2 rings (SSSR count). The molecule has 0 fully saturated rings. The highest BCUT2D eigenvalue weighted by molar-refractivity contribution is 6.31. The van der Waals surface area contributed by atoms with E-state index in [4.69, 9.17) is 21.1 Å². The van der Waals surface area contributed by atoms with Crippen LogP contribution in [0.1, 0.15) is 49.4 Å². The van der Waals surface area contributed by atoms with Crippen LogP contribution in [0.3, 0.4) is 0 Å². The van der Waals surface area contributed by atoms with Gasteiger partial charge in [0.1, 0.15) is 11.4 Å². The van der Waals surface area contributed by atoms with E-state index in [0.29, 0.717) is 21.8 Å². The van der Waals surface area contributed by atoms with Gasteiger partial charge in [-0.1, -0.05) is 11.6 Å². The van der Waals surface area contributed by atoms with Gasteiger partial charge in [-0.25, -0.2) is 4.79 Å². The van der Waals surface area contributed by atoms with Crippen molar-refractivity contribution >= 4 is 35.2 Å². The Morgan fingerprint density at radius 2 is 1.83 bits per heavy atom. The quantitative estimate of drug-likeness (QED) is 0.372. The van der Waals surface area contributed by atoms with E-state index in [1.807, 2.05) is 0 Å². The summed E-state index contributed by atoms with van der Waals surface area (Å²) in [6.45, 7) is 4.02. The second-order valence-electron chi connectivity index (χ2n) is 6.10. The summed E-state index contributed by atoms with van der Waals surface area (Å²) in [7, 11) is 1.39. The number of nitrogens with one attached hydrogen (secondary N) is 3. The van der Waals surface area contributed by atoms with Crippen LogP contribution in [0.2, 0.25) is 5.02 Å². The molecule has 1 heterocycles. The highest BCUT2D eigenvalue weighted by atomic mass is 35.5. The number of Topliss-reactive ketones (excluding diaryl/α,β-unsaturated/α-hetero) is 1. The Morgan fingerprint density at radius 3 is 2.41 bits per heavy atom. The maximum Gasteiger partial charge on any atom is 0.355 e. The summed E-state index contributed by atoms with van der Waals surface area (Å²) in [5.41, 5.74) is 5.91. The molecule has 10 heteroatoms. The number of amides is 2. The summed E-state index contributed by atoms with van der Waals surface area (Å²) in [4.78, 5) is 50.6. The maximum absolute atomic E-state index is 12.2. The first kappa shape index (κ1) is 22.0. The molecule has 9 nitrogen and oxygen atoms in total. The van der Waals surface area contributed by atoms with E-state index < -0.39 is 24.4 Å². The van der Waals surface area contributed by atoms with E-state index in [2.05, 4.69) is 15.8 Å². The molecule has 0 saturated carbocycles. The number of esters is 1. The Kier molecular flexibility index (Phi) is 7.00. The second-order valence-corrected chi connectivity index (χ2v) is 6.54. The molecule has 154 valence electrons. The predicted octanol–water partition coefficient (Wildman–Crippen LogP) is 2.11. The van der Waals surface area contributed by atoms with Gasteiger partial charge in [0, 0.05) is 16.3 Å². The fourth-order valence-corrected chi connectivity index (χ4v) is 2.95. The molecule has 2 aromatic rings. The number of ketones is 1. The standard InChI is InChI=1S/C19H20ClN3O6/c1-9-16(11(3)24)10(2)21-17(9)19(27)29-8-15(25)22-23-18(26)13-7-12(20)5-6-14(13)28-4/h5-7,21H,8H2,1-4H3,(H,22,25)(H,23,26). The Bertz CT molecular complexity index is 983. The number of carbonyl (C=O) groups is 4. The number of hydrogen-bond donors (Lipinski definition) is 3. The average molecular weight is 422 g/mol. The van der Waals surface area contributed by atoms with Crippen LogP contribution >= 0.6 is 11.6 Å². The third kappa shape index (κ3) is 5.14. The summed E-state index contributed by atoms with van der Waals surface area (Å²) in [5, 5.41) is 0.317. The van der Waals surface area contributed by atoms with E-state index in [0.717, 1.165) is 0 Å². The number of rotatable bonds is 6. The molecule has 0 aliphatic heterocycles. The molecule has 2 amide bonds. The first-order valence-corrected chi connectivity index (χ1v) is 8.83. The van der Waals surface area contributed by atoms with Crippen molar-refractivity contribution in [2.75, 3.05) is 13.7 Å². The van der Waals surface area contributed by atoms with Crippen molar-refractivity contribution in [1.29, 1.82) is 0 Å². The third-order valence-electron chi connectivity index (χ3n) is 4.05. The number of hydrazine groups is 1. The molecule has 0 aliphatic carbocycles. The van der Waals surface area contributed by atoms with Crippen molar-refractivity contribution in [3.8, 4) is 5.75 Å². The minimum absolute atomic E-state index is 0.0909. The molecule has 1 aromatic heterocycles. The molecule has 0 bridgehead atoms. The summed E-state index contributed by atoms with van der Waals surface area (Å²) in [6, 6.07) is 4.44. The van der Waals surface area contributed by atoms with Crippen molar-refractivity contribution < 1.29 is 28.7 Å². The fourth-order valence-electron chi connectivity index (χ4n) is 2.77. The monoisotopic (exact) mass is 421 g/mol. The van der Waals surface area contributed by atoms with Gasteiger partial charge in [-0.15, -0.1) is 0 Å². The molecule has 1 aromatic carbocycles. The van der Waals surface area contributed by atoms with Gasteiger partial charge >= 0.3 is 5.97 Å². The third-order valence-corrected chi connectivity index (χ3v) is 4.28. The van der Waals surface area contributed by atoms with Crippen molar-refractivity contribution in [2.24, 2.45) is 0 Å². The first-order chi connectivity index (χ1) is 13.6. The number of aromatic nitrogens is 1. The number of H-pyrrole nitrogens is 1. The Labute approximate surface area is 171 Å². The van der Waals surface area contributed by atoms with Crippen LogP contribution in [-0.2, 0) is 9.53 Å². The van der Waals surface area contributed by atoms with Gasteiger partial charge in [0.25, 0.3) is 11.8 Å². The molecule has 0 atom stereocenters. The minimum Gasteiger partial charge on any atom is -0.496 e. The average Bonchev–Trinajstić information content (AvgIpc) is 2.98. The zero-order valence-corrected chi connectivity index (χ0v) is 17.0. The number of halogens is 1. The number of carbonyl (C=O) groups excluding carboxylic acids is 4. The van der Waals surface area contributed by atoms with Gasteiger partial charge in [0.15, 0.2) is 12.4 Å². The van der Waals surface area contributed by atoms with Gasteiger partial charge < -0.3 is 14.5 Å². The lowest BCUT2D eigenvalue weighted by Gasteiger charge is -2.11. The zero-order valence-electron chi connectivity index (χ0n) is 16.3. The second kappa shape index (κ2) is 9.24. The molecule has 3 N–H and O–H groups in total. The van der Waals surface area contributed by atoms with E-state index in [-0.39, 0.29) is 22.8 Å². The lowest BCUT2D eigenvalue weighted by atomic mass is 10.1. The fraction of sp³-hybridized carbons (Fsp3) is 0.263. The van der Waals surface area contributed by atoms with Crippen LogP contribution in [0, 0.1) is 13.8 Å². The van der Waals surface area contributed by atoms with Gasteiger partial charge in [-0.05, 0) is 44.5 Å². The Balaban J connectivity index is 1.93. The van der Waals surface area contributed by atoms with E-state index in [1.54, 1.807) is 19.9 Å². The molecular formula is C19H20ClN3O6. The highest BCUT2D eigenvalue weighted by Crippen LogP contribution is 2.22. The van der Waals surface area contributed by atoms with Gasteiger partial charge in [0.05, 0.1) is 12.7 Å². The van der Waals surface area contributed by atoms with Crippen LogP contribution in [-0.4, -0.2) is 42.3 Å². The van der Waals surface area contributed by atoms with E-state index in [9.17, 15) is 19.2 Å². The number of benzene rings is 1. The Hall–Kier alpha value is -3.33. The van der Waals surface area contributed by atoms with Gasteiger partial charge in [-0.3, -0.25) is 25.2 Å². The number of hydrogen-bond acceptors (Lipinski definition) is 6. The molecule has 29 heavy (non-hydrogen) atoms. The van der Waals surface area contributed by atoms with Crippen LogP contribution < -0.4 is 15.6 Å². The summed E-state index contributed by atoms with van der Waals surface area (Å²) in [6.07, 6.45) is 0. The van der Waals surface area contributed by atoms with Crippen molar-refractivity contribution in [3.63, 3.8) is 0 Å². The number of aryl methyl sites for hydroxylation is 1. The lowest BCUT2D eigenvalue weighted by Crippen LogP contribution is -2.43. The molecule has 0 unspecified atom stereocenters. The number of methoxy groups -OCH3 is 1. The largest absolute Gasteiger partial charge is 0.496 e. The number of aromatic amines is 1. The normalized spacial score (nSPS) is 10.2. The smallest absolute Gasteiger partial charge is 0.355 e. The lowest BCUT2D eigenvalue weighted by molar-refractivity contribution is -0.125. The first-order valence-electron chi connectivity index (χ1n) is 8.45. The predicted molar refractivity (Wildman–Crippen MR) is 104 cm³/mol. The molecule has 0 spiro atoms. The van der Waals surface area contributed by atoms with Crippen molar-refractivity contribution in [3.05, 3.63) is 51.3 Å². The molecular weight excluding hydrogens is 402 g/mol. The van der Waals surface area contributed by atoms with Gasteiger partial charge in [0.2, 0.25) is 0 Å². The van der Waals surface area contributed by atoms with Crippen LogP contribution in [0.4, 0.5) is 0 Å². The molecule has 0 saturated heterocycles. The zero-order chi connectivity index (χ0) is 21.7. The summed E-state index contributed by atoms with van der Waals surface area (Å²) < 4.78 is 10.00. The molecule has 0 aliphatic rings. The van der Waals surface area contributed by atoms with Crippen molar-refractivity contribution in [2.45, 2.75) is 20.8 Å². The van der Waals surface area contributed by atoms with Crippen LogP contribution in [0.15, 0.2) is 18.2 Å². The van der Waals surface area contributed by atoms with E-state index >= 15 is 0 Å². The topological polar surface area (TPSA) is 127 Å². The van der Waals surface area contributed by atoms with E-state index in [1.165, 1.54) is 26.2 Å².